The third-order valence-corrected chi connectivity index (χ3v) is 5.41. The zero-order valence-corrected chi connectivity index (χ0v) is 17.4. The molecule has 4 aromatic rings. The second kappa shape index (κ2) is 9.39. The van der Waals surface area contributed by atoms with Crippen LogP contribution in [-0.4, -0.2) is 30.0 Å². The van der Waals surface area contributed by atoms with Gasteiger partial charge in [-0.15, -0.1) is 0 Å². The molecule has 31 heavy (non-hydrogen) atoms. The van der Waals surface area contributed by atoms with E-state index < -0.39 is 12.0 Å². The van der Waals surface area contributed by atoms with Gasteiger partial charge in [0.2, 0.25) is 0 Å². The van der Waals surface area contributed by atoms with Crippen LogP contribution in [0.3, 0.4) is 0 Å². The molecule has 0 radical (unpaired) electrons. The minimum Gasteiger partial charge on any atom is -0.467 e. The van der Waals surface area contributed by atoms with Crippen LogP contribution in [0.5, 0.6) is 0 Å². The summed E-state index contributed by atoms with van der Waals surface area (Å²) >= 11 is 0. The Labute approximate surface area is 181 Å². The molecule has 1 heterocycles. The predicted molar refractivity (Wildman–Crippen MR) is 122 cm³/mol. The van der Waals surface area contributed by atoms with E-state index in [1.54, 1.807) is 0 Å². The second-order valence-electron chi connectivity index (χ2n) is 7.45. The van der Waals surface area contributed by atoms with E-state index in [0.29, 0.717) is 12.0 Å². The van der Waals surface area contributed by atoms with Crippen molar-refractivity contribution in [2.45, 2.75) is 25.3 Å². The average molecular weight is 412 g/mol. The zero-order valence-electron chi connectivity index (χ0n) is 17.4. The van der Waals surface area contributed by atoms with E-state index in [1.165, 1.54) is 12.7 Å². The minimum atomic E-state index is -0.716. The van der Waals surface area contributed by atoms with Crippen molar-refractivity contribution in [3.63, 3.8) is 0 Å². The van der Waals surface area contributed by atoms with Gasteiger partial charge in [0, 0.05) is 10.8 Å². The highest BCUT2D eigenvalue weighted by Gasteiger charge is 2.24. The molecule has 5 nitrogen and oxygen atoms in total. The summed E-state index contributed by atoms with van der Waals surface area (Å²) in [5.41, 5.74) is 3.21. The predicted octanol–water partition coefficient (Wildman–Crippen LogP) is 4.68. The number of fused-ring (bicyclic) bond motifs is 2. The van der Waals surface area contributed by atoms with E-state index in [1.807, 2.05) is 66.7 Å². The molecule has 0 unspecified atom stereocenters. The van der Waals surface area contributed by atoms with Gasteiger partial charge in [0.25, 0.3) is 5.91 Å². The molecule has 156 valence electrons. The Morgan fingerprint density at radius 2 is 1.45 bits per heavy atom. The zero-order chi connectivity index (χ0) is 21.6. The molecule has 3 aromatic carbocycles. The van der Waals surface area contributed by atoms with Crippen LogP contribution < -0.4 is 5.32 Å². The number of rotatable bonds is 7. The number of aromatic nitrogens is 1. The van der Waals surface area contributed by atoms with Gasteiger partial charge in [-0.2, -0.15) is 0 Å². The summed E-state index contributed by atoms with van der Waals surface area (Å²) in [4.78, 5) is 30.5. The molecule has 0 fully saturated rings. The normalized spacial score (nSPS) is 11.9. The Hall–Kier alpha value is -3.73. The third kappa shape index (κ3) is 4.56. The van der Waals surface area contributed by atoms with E-state index in [2.05, 4.69) is 22.4 Å². The molecule has 1 aromatic heterocycles. The molecule has 5 heteroatoms. The van der Waals surface area contributed by atoms with E-state index in [0.717, 1.165) is 34.6 Å². The number of nitrogens with one attached hydrogen (secondary N) is 1. The Balaban J connectivity index is 1.60. The number of nitrogens with zero attached hydrogens (tertiary/aromatic N) is 1. The fourth-order valence-electron chi connectivity index (χ4n) is 3.86. The molecule has 0 saturated heterocycles. The van der Waals surface area contributed by atoms with Gasteiger partial charge in [0.1, 0.15) is 6.04 Å². The topological polar surface area (TPSA) is 68.3 Å². The molecule has 0 aliphatic heterocycles. The lowest BCUT2D eigenvalue weighted by atomic mass is 10.0. The van der Waals surface area contributed by atoms with Crippen LogP contribution in [0.15, 0.2) is 78.9 Å². The molecule has 1 N–H and O–H groups in total. The molecule has 0 saturated carbocycles. The number of hydrogen-bond donors (Lipinski definition) is 1. The highest BCUT2D eigenvalue weighted by Crippen LogP contribution is 2.26. The molecule has 0 spiro atoms. The van der Waals surface area contributed by atoms with Gasteiger partial charge in [0.05, 0.1) is 23.7 Å². The summed E-state index contributed by atoms with van der Waals surface area (Å²) in [6.45, 7) is 0. The number of amides is 1. The van der Waals surface area contributed by atoms with E-state index >= 15 is 0 Å². The maximum absolute atomic E-state index is 13.4. The van der Waals surface area contributed by atoms with Crippen molar-refractivity contribution in [1.29, 1.82) is 0 Å². The fourth-order valence-corrected chi connectivity index (χ4v) is 3.86. The van der Waals surface area contributed by atoms with Gasteiger partial charge in [-0.05, 0) is 37.0 Å². The number of pyridine rings is 1. The van der Waals surface area contributed by atoms with Gasteiger partial charge < -0.3 is 10.1 Å². The lowest BCUT2D eigenvalue weighted by Gasteiger charge is -2.18. The van der Waals surface area contributed by atoms with E-state index in [4.69, 9.17) is 4.74 Å². The summed E-state index contributed by atoms with van der Waals surface area (Å²) < 4.78 is 4.96. The number of hydrogen-bond acceptors (Lipinski definition) is 4. The summed E-state index contributed by atoms with van der Waals surface area (Å²) in [7, 11) is 1.34. The molecule has 1 atom stereocenters. The Kier molecular flexibility index (Phi) is 6.22. The van der Waals surface area contributed by atoms with Crippen LogP contribution in [0.1, 0.15) is 28.8 Å². The number of esters is 1. The maximum atomic E-state index is 13.4. The molecule has 4 rings (SSSR count). The second-order valence-corrected chi connectivity index (χ2v) is 7.45. The molecule has 1 amide bonds. The molecule has 0 aliphatic rings. The number of methoxy groups -OCH3 is 1. The molecule has 0 aliphatic carbocycles. The third-order valence-electron chi connectivity index (χ3n) is 5.41. The summed E-state index contributed by atoms with van der Waals surface area (Å²) in [5, 5.41) is 4.43. The van der Waals surface area contributed by atoms with Crippen LogP contribution >= 0.6 is 0 Å². The van der Waals surface area contributed by atoms with Gasteiger partial charge in [-0.3, -0.25) is 4.79 Å². The van der Waals surface area contributed by atoms with Crippen molar-refractivity contribution in [3.8, 4) is 0 Å². The SMILES string of the molecule is COC(=O)[C@@H](CCCc1ccccc1)NC(=O)c1c2ccccc2nc2ccccc12. The van der Waals surface area contributed by atoms with Crippen LogP contribution in [0.4, 0.5) is 0 Å². The van der Waals surface area contributed by atoms with Crippen molar-refractivity contribution in [1.82, 2.24) is 10.3 Å². The smallest absolute Gasteiger partial charge is 0.328 e. The Morgan fingerprint density at radius 3 is 2.06 bits per heavy atom. The fraction of sp³-hybridized carbons (Fsp3) is 0.192. The quantitative estimate of drug-likeness (QED) is 0.353. The van der Waals surface area contributed by atoms with Crippen molar-refractivity contribution >= 4 is 33.7 Å². The van der Waals surface area contributed by atoms with E-state index in [-0.39, 0.29) is 5.91 Å². The van der Waals surface area contributed by atoms with Crippen molar-refractivity contribution in [3.05, 3.63) is 90.0 Å². The Bertz CT molecular complexity index is 1170. The van der Waals surface area contributed by atoms with Crippen molar-refractivity contribution < 1.29 is 14.3 Å². The van der Waals surface area contributed by atoms with Gasteiger partial charge in [-0.1, -0.05) is 66.7 Å². The van der Waals surface area contributed by atoms with Gasteiger partial charge in [0.15, 0.2) is 0 Å². The van der Waals surface area contributed by atoms with Crippen molar-refractivity contribution in [2.75, 3.05) is 7.11 Å². The van der Waals surface area contributed by atoms with Crippen LogP contribution in [0, 0.1) is 0 Å². The van der Waals surface area contributed by atoms with Crippen LogP contribution in [0.2, 0.25) is 0 Å². The van der Waals surface area contributed by atoms with Crippen LogP contribution in [0.25, 0.3) is 21.8 Å². The highest BCUT2D eigenvalue weighted by atomic mass is 16.5. The standard InChI is InChI=1S/C26H24N2O3/c1-31-26(30)23(17-9-12-18-10-3-2-4-11-18)28-25(29)24-19-13-5-7-15-21(19)27-22-16-8-6-14-20(22)24/h2-8,10-11,13-16,23H,9,12,17H2,1H3,(H,28,29)/t23-/m1/s1. The first-order valence-corrected chi connectivity index (χ1v) is 10.4. The van der Waals surface area contributed by atoms with Crippen molar-refractivity contribution in [2.24, 2.45) is 0 Å². The maximum Gasteiger partial charge on any atom is 0.328 e. The summed E-state index contributed by atoms with van der Waals surface area (Å²) in [6, 6.07) is 24.5. The summed E-state index contributed by atoms with van der Waals surface area (Å²) in [5.74, 6) is -0.742. The molecule has 0 bridgehead atoms. The van der Waals surface area contributed by atoms with Crippen LogP contribution in [-0.2, 0) is 16.0 Å². The highest BCUT2D eigenvalue weighted by molar-refractivity contribution is 6.16. The van der Waals surface area contributed by atoms with E-state index in [9.17, 15) is 9.59 Å². The molecular weight excluding hydrogens is 388 g/mol. The summed E-state index contributed by atoms with van der Waals surface area (Å²) in [6.07, 6.45) is 2.07. The lowest BCUT2D eigenvalue weighted by Crippen LogP contribution is -2.41. The van der Waals surface area contributed by atoms with Gasteiger partial charge >= 0.3 is 5.97 Å². The minimum absolute atomic E-state index is 0.301. The monoisotopic (exact) mass is 412 g/mol. The first-order valence-electron chi connectivity index (χ1n) is 10.4. The number of ether oxygens (including phenoxy) is 1. The number of aryl methyl sites for hydroxylation is 1. The average Bonchev–Trinajstić information content (AvgIpc) is 2.81. The first-order chi connectivity index (χ1) is 15.2. The molecular formula is C26H24N2O3. The first kappa shape index (κ1) is 20.5. The number of para-hydroxylation sites is 2. The largest absolute Gasteiger partial charge is 0.467 e. The number of carbonyl (C=O) groups excluding carboxylic acids is 2. The lowest BCUT2D eigenvalue weighted by molar-refractivity contribution is -0.143. The number of benzene rings is 3. The number of carbonyl (C=O) groups is 2. The Morgan fingerprint density at radius 1 is 0.871 bits per heavy atom. The van der Waals surface area contributed by atoms with Gasteiger partial charge in [-0.25, -0.2) is 9.78 Å².